The van der Waals surface area contributed by atoms with Crippen LogP contribution in [0.25, 0.3) is 0 Å². The van der Waals surface area contributed by atoms with Crippen molar-refractivity contribution in [2.24, 2.45) is 5.92 Å². The number of halogens is 2. The van der Waals surface area contributed by atoms with Gasteiger partial charge in [-0.1, -0.05) is 0 Å². The van der Waals surface area contributed by atoms with Crippen LogP contribution in [0.5, 0.6) is 0 Å². The van der Waals surface area contributed by atoms with E-state index in [0.717, 1.165) is 31.0 Å². The molecule has 5 heteroatoms. The second-order valence-electron chi connectivity index (χ2n) is 5.34. The fourth-order valence-electron chi connectivity index (χ4n) is 2.69. The number of hydrogen-bond acceptors (Lipinski definition) is 2. The molecule has 1 N–H and O–H groups in total. The van der Waals surface area contributed by atoms with Gasteiger partial charge in [0.25, 0.3) is 0 Å². The molecule has 1 saturated carbocycles. The summed E-state index contributed by atoms with van der Waals surface area (Å²) in [5.41, 5.74) is 0.158. The van der Waals surface area contributed by atoms with E-state index in [1.807, 2.05) is 0 Å². The van der Waals surface area contributed by atoms with Gasteiger partial charge < -0.3 is 10.0 Å². The molecule has 1 aliphatic heterocycles. The number of rotatable bonds is 2. The first kappa shape index (κ1) is 12.5. The topological polar surface area (TPSA) is 40.5 Å². The molecule has 1 amide bonds. The molecule has 0 aromatic heterocycles. The molecule has 0 spiro atoms. The first-order chi connectivity index (χ1) is 9.06. The number of benzene rings is 1. The molecule has 1 aromatic carbocycles. The highest BCUT2D eigenvalue weighted by Crippen LogP contribution is 2.39. The van der Waals surface area contributed by atoms with Gasteiger partial charge in [-0.2, -0.15) is 0 Å². The van der Waals surface area contributed by atoms with Crippen LogP contribution in [0.15, 0.2) is 18.2 Å². The van der Waals surface area contributed by atoms with Gasteiger partial charge in [0, 0.05) is 18.0 Å². The minimum atomic E-state index is -0.671. The number of amides is 1. The molecule has 1 aromatic rings. The number of aliphatic hydroxyl groups is 1. The van der Waals surface area contributed by atoms with E-state index in [2.05, 4.69) is 0 Å². The smallest absolute Gasteiger partial charge is 0.226 e. The standard InChI is InChI=1S/C14H15F2NO2/c15-9-3-4-12(16)11(5-9)13-6-10(18)7-17(13)14(19)8-1-2-8/h3-5,8,10,13,18H,1-2,6-7H2. The van der Waals surface area contributed by atoms with Crippen molar-refractivity contribution in [3.05, 3.63) is 35.4 Å². The van der Waals surface area contributed by atoms with Gasteiger partial charge in [0.1, 0.15) is 11.6 Å². The highest BCUT2D eigenvalue weighted by atomic mass is 19.1. The number of likely N-dealkylation sites (tertiary alicyclic amines) is 1. The fraction of sp³-hybridized carbons (Fsp3) is 0.500. The first-order valence-electron chi connectivity index (χ1n) is 6.49. The van der Waals surface area contributed by atoms with Gasteiger partial charge in [-0.05, 0) is 37.5 Å². The first-order valence-corrected chi connectivity index (χ1v) is 6.49. The third-order valence-corrected chi connectivity index (χ3v) is 3.81. The van der Waals surface area contributed by atoms with Crippen molar-refractivity contribution in [1.29, 1.82) is 0 Å². The van der Waals surface area contributed by atoms with E-state index < -0.39 is 23.8 Å². The van der Waals surface area contributed by atoms with Crippen LogP contribution in [-0.2, 0) is 4.79 Å². The zero-order chi connectivity index (χ0) is 13.6. The highest BCUT2D eigenvalue weighted by Gasteiger charge is 2.42. The lowest BCUT2D eigenvalue weighted by Gasteiger charge is -2.25. The largest absolute Gasteiger partial charge is 0.391 e. The molecule has 2 atom stereocenters. The molecule has 3 rings (SSSR count). The Balaban J connectivity index is 1.92. The maximum absolute atomic E-state index is 13.8. The van der Waals surface area contributed by atoms with Gasteiger partial charge in [-0.25, -0.2) is 8.78 Å². The minimum Gasteiger partial charge on any atom is -0.391 e. The van der Waals surface area contributed by atoms with Crippen LogP contribution >= 0.6 is 0 Å². The van der Waals surface area contributed by atoms with Gasteiger partial charge in [0.15, 0.2) is 0 Å². The molecule has 1 heterocycles. The molecule has 0 bridgehead atoms. The fourth-order valence-corrected chi connectivity index (χ4v) is 2.69. The lowest BCUT2D eigenvalue weighted by Crippen LogP contribution is -2.33. The summed E-state index contributed by atoms with van der Waals surface area (Å²) < 4.78 is 27.1. The van der Waals surface area contributed by atoms with Crippen molar-refractivity contribution in [2.75, 3.05) is 6.54 Å². The van der Waals surface area contributed by atoms with E-state index in [1.165, 1.54) is 4.90 Å². The van der Waals surface area contributed by atoms with Crippen LogP contribution in [0.4, 0.5) is 8.78 Å². The van der Waals surface area contributed by atoms with E-state index in [0.29, 0.717) is 0 Å². The van der Waals surface area contributed by atoms with Crippen LogP contribution in [0.1, 0.15) is 30.9 Å². The van der Waals surface area contributed by atoms with Gasteiger partial charge in [-0.3, -0.25) is 4.79 Å². The maximum atomic E-state index is 13.8. The second kappa shape index (κ2) is 4.56. The third-order valence-electron chi connectivity index (χ3n) is 3.81. The Morgan fingerprint density at radius 2 is 2.05 bits per heavy atom. The second-order valence-corrected chi connectivity index (χ2v) is 5.34. The normalized spacial score (nSPS) is 26.8. The van der Waals surface area contributed by atoms with E-state index in [-0.39, 0.29) is 30.4 Å². The zero-order valence-electron chi connectivity index (χ0n) is 10.4. The quantitative estimate of drug-likeness (QED) is 0.890. The van der Waals surface area contributed by atoms with Gasteiger partial charge in [0.05, 0.1) is 12.1 Å². The van der Waals surface area contributed by atoms with Gasteiger partial charge >= 0.3 is 0 Å². The van der Waals surface area contributed by atoms with Crippen molar-refractivity contribution < 1.29 is 18.7 Å². The third kappa shape index (κ3) is 2.34. The predicted molar refractivity (Wildman–Crippen MR) is 64.2 cm³/mol. The molecule has 2 aliphatic rings. The van der Waals surface area contributed by atoms with Crippen molar-refractivity contribution >= 4 is 5.91 Å². The number of carbonyl (C=O) groups is 1. The highest BCUT2D eigenvalue weighted by molar-refractivity contribution is 5.81. The summed E-state index contributed by atoms with van der Waals surface area (Å²) in [5, 5.41) is 9.73. The molecule has 1 saturated heterocycles. The lowest BCUT2D eigenvalue weighted by atomic mass is 10.0. The lowest BCUT2D eigenvalue weighted by molar-refractivity contribution is -0.133. The summed E-state index contributed by atoms with van der Waals surface area (Å²) in [4.78, 5) is 13.6. The van der Waals surface area contributed by atoms with E-state index in [9.17, 15) is 18.7 Å². The minimum absolute atomic E-state index is 0.00409. The van der Waals surface area contributed by atoms with Crippen molar-refractivity contribution in [1.82, 2.24) is 4.90 Å². The Morgan fingerprint density at radius 1 is 1.32 bits per heavy atom. The van der Waals surface area contributed by atoms with E-state index in [1.54, 1.807) is 0 Å². The molecule has 2 fully saturated rings. The van der Waals surface area contributed by atoms with Gasteiger partial charge in [-0.15, -0.1) is 0 Å². The van der Waals surface area contributed by atoms with Crippen molar-refractivity contribution in [3.8, 4) is 0 Å². The SMILES string of the molecule is O=C(C1CC1)N1CC(O)CC1c1cc(F)ccc1F. The van der Waals surface area contributed by atoms with Crippen LogP contribution in [0, 0.1) is 17.6 Å². The summed E-state index contributed by atoms with van der Waals surface area (Å²) in [5.74, 6) is -1.11. The molecule has 19 heavy (non-hydrogen) atoms. The number of β-amino-alcohol motifs (C(OH)–C–C–N with tert-alkyl or cyclic N) is 1. The monoisotopic (exact) mass is 267 g/mol. The summed E-state index contributed by atoms with van der Waals surface area (Å²) >= 11 is 0. The summed E-state index contributed by atoms with van der Waals surface area (Å²) in [6, 6.07) is 2.68. The van der Waals surface area contributed by atoms with Crippen molar-refractivity contribution in [3.63, 3.8) is 0 Å². The van der Waals surface area contributed by atoms with Crippen LogP contribution in [0.2, 0.25) is 0 Å². The Bertz CT molecular complexity index is 516. The Labute approximate surface area is 109 Å². The molecule has 3 nitrogen and oxygen atoms in total. The molecular formula is C14H15F2NO2. The Kier molecular flexibility index (Phi) is 3.01. The average Bonchev–Trinajstić information content (AvgIpc) is 3.15. The number of hydrogen-bond donors (Lipinski definition) is 1. The summed E-state index contributed by atoms with van der Waals surface area (Å²) in [6.07, 6.45) is 1.29. The Hall–Kier alpha value is -1.49. The molecule has 0 radical (unpaired) electrons. The van der Waals surface area contributed by atoms with Gasteiger partial charge in [0.2, 0.25) is 5.91 Å². The number of carbonyl (C=O) groups excluding carboxylic acids is 1. The zero-order valence-corrected chi connectivity index (χ0v) is 10.4. The van der Waals surface area contributed by atoms with Crippen LogP contribution in [-0.4, -0.2) is 28.6 Å². The molecule has 2 unspecified atom stereocenters. The maximum Gasteiger partial charge on any atom is 0.226 e. The van der Waals surface area contributed by atoms with Crippen molar-refractivity contribution in [2.45, 2.75) is 31.4 Å². The van der Waals surface area contributed by atoms with E-state index in [4.69, 9.17) is 0 Å². The summed E-state index contributed by atoms with van der Waals surface area (Å²) in [6.45, 7) is 0.204. The molecule has 1 aliphatic carbocycles. The predicted octanol–water partition coefficient (Wildman–Crippen LogP) is 2.01. The van der Waals surface area contributed by atoms with Crippen LogP contribution in [0.3, 0.4) is 0 Å². The van der Waals surface area contributed by atoms with E-state index >= 15 is 0 Å². The van der Waals surface area contributed by atoms with Crippen LogP contribution < -0.4 is 0 Å². The Morgan fingerprint density at radius 3 is 2.74 bits per heavy atom. The molecular weight excluding hydrogens is 252 g/mol. The summed E-state index contributed by atoms with van der Waals surface area (Å²) in [7, 11) is 0. The number of nitrogens with zero attached hydrogens (tertiary/aromatic N) is 1. The molecule has 102 valence electrons. The number of aliphatic hydroxyl groups excluding tert-OH is 1. The average molecular weight is 267 g/mol.